The second-order valence-electron chi connectivity index (χ2n) is 4.39. The van der Waals surface area contributed by atoms with Crippen molar-refractivity contribution in [2.24, 2.45) is 0 Å². The quantitative estimate of drug-likeness (QED) is 0.375. The van der Waals surface area contributed by atoms with Crippen molar-refractivity contribution < 1.29 is 9.53 Å². The van der Waals surface area contributed by atoms with Crippen LogP contribution in [0.2, 0.25) is 0 Å². The topological polar surface area (TPSA) is 26.3 Å². The van der Waals surface area contributed by atoms with Crippen molar-refractivity contribution in [3.63, 3.8) is 0 Å². The van der Waals surface area contributed by atoms with Gasteiger partial charge in [-0.15, -0.1) is 11.3 Å². The minimum Gasteiger partial charge on any atom is -0.463 e. The lowest BCUT2D eigenvalue weighted by atomic mass is 10.2. The number of thiophene rings is 1. The van der Waals surface area contributed by atoms with Gasteiger partial charge in [0.25, 0.3) is 0 Å². The third-order valence-corrected chi connectivity index (χ3v) is 4.04. The molecule has 112 valence electrons. The molecule has 1 aromatic heterocycles. The molecule has 0 unspecified atom stereocenters. The molecular weight excluding hydrogens is 348 g/mol. The number of carbonyl (C=O) groups is 1. The fourth-order valence-corrected chi connectivity index (χ4v) is 2.78. The summed E-state index contributed by atoms with van der Waals surface area (Å²) in [6.45, 7) is 6.10. The summed E-state index contributed by atoms with van der Waals surface area (Å²) in [6.07, 6.45) is 11.4. The van der Waals surface area contributed by atoms with Gasteiger partial charge in [0.15, 0.2) is 0 Å². The van der Waals surface area contributed by atoms with Gasteiger partial charge >= 0.3 is 5.97 Å². The molecule has 0 spiro atoms. The fourth-order valence-electron chi connectivity index (χ4n) is 1.46. The Balaban J connectivity index is 2.56. The van der Waals surface area contributed by atoms with Crippen molar-refractivity contribution >= 4 is 39.3 Å². The molecule has 0 N–H and O–H groups in total. The molecule has 1 heterocycles. The van der Waals surface area contributed by atoms with E-state index in [1.54, 1.807) is 18.3 Å². The minimum absolute atomic E-state index is 0.302. The Morgan fingerprint density at radius 2 is 2.05 bits per heavy atom. The molecule has 4 heteroatoms. The zero-order chi connectivity index (χ0) is 15.7. The number of hydrogen-bond acceptors (Lipinski definition) is 3. The number of halogens is 1. The van der Waals surface area contributed by atoms with E-state index in [9.17, 15) is 4.79 Å². The largest absolute Gasteiger partial charge is 0.463 e. The van der Waals surface area contributed by atoms with E-state index < -0.39 is 0 Å². The van der Waals surface area contributed by atoms with Crippen LogP contribution in [0.5, 0.6) is 0 Å². The Morgan fingerprint density at radius 1 is 1.29 bits per heavy atom. The maximum atomic E-state index is 11.3. The first-order valence-corrected chi connectivity index (χ1v) is 8.25. The monoisotopic (exact) mass is 366 g/mol. The van der Waals surface area contributed by atoms with Gasteiger partial charge in [0.05, 0.1) is 10.4 Å². The van der Waals surface area contributed by atoms with Crippen LogP contribution in [0.25, 0.3) is 6.08 Å². The van der Waals surface area contributed by atoms with Gasteiger partial charge in [-0.1, -0.05) is 29.9 Å². The number of hydrogen-bond donors (Lipinski definition) is 0. The molecule has 0 saturated carbocycles. The van der Waals surface area contributed by atoms with Crippen LogP contribution in [0.15, 0.2) is 57.4 Å². The maximum absolute atomic E-state index is 11.3. The number of ether oxygens (including phenoxy) is 1. The molecule has 0 fully saturated rings. The summed E-state index contributed by atoms with van der Waals surface area (Å²) >= 11 is 5.14. The van der Waals surface area contributed by atoms with Crippen LogP contribution in [0.3, 0.4) is 0 Å². The average Bonchev–Trinajstić information content (AvgIpc) is 2.82. The third-order valence-electron chi connectivity index (χ3n) is 2.45. The van der Waals surface area contributed by atoms with Crippen LogP contribution in [-0.4, -0.2) is 12.6 Å². The molecule has 0 saturated heterocycles. The fraction of sp³-hybridized carbons (Fsp3) is 0.235. The van der Waals surface area contributed by atoms with Crippen LogP contribution < -0.4 is 0 Å². The Bertz CT molecular complexity index is 592. The lowest BCUT2D eigenvalue weighted by Crippen LogP contribution is -1.99. The van der Waals surface area contributed by atoms with E-state index in [2.05, 4.69) is 34.1 Å². The van der Waals surface area contributed by atoms with Gasteiger partial charge in [-0.3, -0.25) is 0 Å². The molecule has 0 aliphatic rings. The van der Waals surface area contributed by atoms with E-state index in [1.807, 2.05) is 38.1 Å². The summed E-state index contributed by atoms with van der Waals surface area (Å²) in [5, 5.41) is 0. The van der Waals surface area contributed by atoms with Gasteiger partial charge in [-0.2, -0.15) is 0 Å². The molecule has 2 nitrogen and oxygen atoms in total. The van der Waals surface area contributed by atoms with Gasteiger partial charge in [0.2, 0.25) is 0 Å². The summed E-state index contributed by atoms with van der Waals surface area (Å²) in [5.41, 5.74) is 2.00. The first-order valence-electron chi connectivity index (χ1n) is 6.64. The molecule has 0 atom stereocenters. The molecule has 21 heavy (non-hydrogen) atoms. The second-order valence-corrected chi connectivity index (χ2v) is 6.88. The van der Waals surface area contributed by atoms with Gasteiger partial charge in [-0.05, 0) is 60.5 Å². The Morgan fingerprint density at radius 3 is 2.67 bits per heavy atom. The average molecular weight is 367 g/mol. The molecule has 0 aliphatic carbocycles. The van der Waals surface area contributed by atoms with Gasteiger partial charge < -0.3 is 4.74 Å². The van der Waals surface area contributed by atoms with Crippen molar-refractivity contribution in [1.82, 2.24) is 0 Å². The number of carbonyl (C=O) groups excluding carboxylic acids is 1. The van der Waals surface area contributed by atoms with Crippen LogP contribution in [0.1, 0.15) is 25.6 Å². The Kier molecular flexibility index (Phi) is 8.01. The van der Waals surface area contributed by atoms with E-state index >= 15 is 0 Å². The highest BCUT2D eigenvalue weighted by atomic mass is 79.9. The summed E-state index contributed by atoms with van der Waals surface area (Å²) in [7, 11) is 0. The highest BCUT2D eigenvalue weighted by Crippen LogP contribution is 2.23. The Hall–Kier alpha value is -1.39. The maximum Gasteiger partial charge on any atom is 0.330 e. The van der Waals surface area contributed by atoms with Crippen molar-refractivity contribution in [2.75, 3.05) is 6.61 Å². The number of rotatable bonds is 6. The van der Waals surface area contributed by atoms with E-state index in [0.717, 1.165) is 14.9 Å². The van der Waals surface area contributed by atoms with E-state index in [4.69, 9.17) is 4.74 Å². The minimum atomic E-state index is -0.302. The number of esters is 1. The van der Waals surface area contributed by atoms with Crippen molar-refractivity contribution in [3.8, 4) is 0 Å². The molecule has 0 bridgehead atoms. The van der Waals surface area contributed by atoms with Crippen LogP contribution in [0, 0.1) is 0 Å². The first-order chi connectivity index (χ1) is 10.0. The molecule has 0 radical (unpaired) electrons. The van der Waals surface area contributed by atoms with Gasteiger partial charge in [-0.25, -0.2) is 4.79 Å². The van der Waals surface area contributed by atoms with E-state index in [-0.39, 0.29) is 5.97 Å². The summed E-state index contributed by atoms with van der Waals surface area (Å²) in [5.74, 6) is -0.302. The zero-order valence-corrected chi connectivity index (χ0v) is 14.8. The first kappa shape index (κ1) is 17.7. The highest BCUT2D eigenvalue weighted by molar-refractivity contribution is 9.11. The molecule has 1 aromatic rings. The van der Waals surface area contributed by atoms with Crippen molar-refractivity contribution in [1.29, 1.82) is 0 Å². The molecule has 0 aliphatic heterocycles. The Labute approximate surface area is 138 Å². The second kappa shape index (κ2) is 9.53. The van der Waals surface area contributed by atoms with Crippen LogP contribution in [-0.2, 0) is 9.53 Å². The predicted molar refractivity (Wildman–Crippen MR) is 94.3 cm³/mol. The van der Waals surface area contributed by atoms with Crippen LogP contribution >= 0.6 is 27.3 Å². The SMILES string of the molecule is CCOC(=O)C=C(C)C=CC=C(C)C=Cc1ccc(Br)s1. The summed E-state index contributed by atoms with van der Waals surface area (Å²) in [6, 6.07) is 4.10. The lowest BCUT2D eigenvalue weighted by molar-refractivity contribution is -0.137. The van der Waals surface area contributed by atoms with Gasteiger partial charge in [0, 0.05) is 11.0 Å². The standard InChI is InChI=1S/C17H19BrO2S/c1-4-20-17(19)12-14(3)7-5-6-13(2)8-9-15-10-11-16(18)21-15/h5-12H,4H2,1-3H3. The van der Waals surface area contributed by atoms with Crippen LogP contribution in [0.4, 0.5) is 0 Å². The number of allylic oxidation sites excluding steroid dienone is 6. The summed E-state index contributed by atoms with van der Waals surface area (Å²) in [4.78, 5) is 12.5. The molecule has 0 aromatic carbocycles. The van der Waals surface area contributed by atoms with E-state index in [0.29, 0.717) is 6.61 Å². The third kappa shape index (κ3) is 7.83. The predicted octanol–water partition coefficient (Wildman–Crippen LogP) is 5.54. The summed E-state index contributed by atoms with van der Waals surface area (Å²) < 4.78 is 5.98. The molecule has 0 amide bonds. The van der Waals surface area contributed by atoms with E-state index in [1.165, 1.54) is 11.0 Å². The highest BCUT2D eigenvalue weighted by Gasteiger charge is 1.94. The zero-order valence-electron chi connectivity index (χ0n) is 12.4. The van der Waals surface area contributed by atoms with Crippen molar-refractivity contribution in [3.05, 3.63) is 62.3 Å². The molecular formula is C17H19BrO2S. The van der Waals surface area contributed by atoms with Gasteiger partial charge in [0.1, 0.15) is 0 Å². The van der Waals surface area contributed by atoms with Crippen molar-refractivity contribution in [2.45, 2.75) is 20.8 Å². The smallest absolute Gasteiger partial charge is 0.330 e. The lowest BCUT2D eigenvalue weighted by Gasteiger charge is -1.95. The molecule has 1 rings (SSSR count). The normalized spacial score (nSPS) is 13.3.